The Morgan fingerprint density at radius 1 is 0.622 bits per heavy atom. The number of hydrogen-bond acceptors (Lipinski definition) is 5. The maximum Gasteiger partial charge on any atom is 0.153 e. The van der Waals surface area contributed by atoms with E-state index in [1.807, 2.05) is 42.6 Å². The van der Waals surface area contributed by atoms with Crippen LogP contribution in [0.5, 0.6) is 0 Å². The number of nitrogens with zero attached hydrogens (tertiary/aromatic N) is 4. The molecular weight excluding hydrogens is 576 g/mol. The number of benzene rings is 4. The zero-order valence-corrected chi connectivity index (χ0v) is 25.1. The fourth-order valence-electron chi connectivity index (χ4n) is 5.25. The van der Waals surface area contributed by atoms with Crippen molar-refractivity contribution >= 4 is 28.3 Å². The van der Waals surface area contributed by atoms with Crippen LogP contribution in [0.4, 0.5) is 5.82 Å². The van der Waals surface area contributed by atoms with Gasteiger partial charge in [-0.2, -0.15) is 10.4 Å². The Morgan fingerprint density at radius 2 is 1.11 bits per heavy atom. The number of aromatic nitrogens is 4. The quantitative estimate of drug-likeness (QED) is 0.198. The van der Waals surface area contributed by atoms with Crippen LogP contribution in [0, 0.1) is 11.3 Å². The molecule has 0 saturated carbocycles. The van der Waals surface area contributed by atoms with Gasteiger partial charge >= 0.3 is 0 Å². The van der Waals surface area contributed by atoms with Crippen molar-refractivity contribution in [3.63, 3.8) is 0 Å². The zero-order valence-electron chi connectivity index (χ0n) is 24.4. The number of nitriles is 1. The summed E-state index contributed by atoms with van der Waals surface area (Å²) in [5.41, 5.74) is 16.2. The molecule has 0 spiro atoms. The van der Waals surface area contributed by atoms with Gasteiger partial charge in [0.15, 0.2) is 5.82 Å². The highest BCUT2D eigenvalue weighted by Crippen LogP contribution is 2.31. The molecule has 45 heavy (non-hydrogen) atoms. The van der Waals surface area contributed by atoms with E-state index >= 15 is 0 Å². The highest BCUT2D eigenvalue weighted by molar-refractivity contribution is 6.32. The molecule has 7 heteroatoms. The highest BCUT2D eigenvalue weighted by atomic mass is 35.5. The van der Waals surface area contributed by atoms with Gasteiger partial charge in [0.25, 0.3) is 0 Å². The fourth-order valence-corrected chi connectivity index (χ4v) is 5.45. The maximum absolute atomic E-state index is 9.25. The standard InChI is InChI=1S/C19H13ClN2.C19H16N4/c20-19-13-22-12-18(17(19)11-21)16-8-6-15(7-9-16)10-14-4-2-1-3-5-14;20-19-18-16(11-21-12-17(18)22-23-19)15-8-6-14(7-9-15)10-13-4-2-1-3-5-13/h1-9,12-13H,10H2;1-9,11-12H,10H2,(H3,20,22,23). The SMILES string of the molecule is N#Cc1c(Cl)cncc1-c1ccc(Cc2ccccc2)cc1.Nc1n[nH]c2cncc(-c3ccc(Cc4ccccc4)cc3)c12. The van der Waals surface area contributed by atoms with E-state index in [2.05, 4.69) is 99.0 Å². The summed E-state index contributed by atoms with van der Waals surface area (Å²) in [7, 11) is 0. The largest absolute Gasteiger partial charge is 0.382 e. The molecule has 0 radical (unpaired) electrons. The Labute approximate surface area is 266 Å². The lowest BCUT2D eigenvalue weighted by molar-refractivity contribution is 1.12. The van der Waals surface area contributed by atoms with Crippen LogP contribution in [0.1, 0.15) is 27.8 Å². The molecule has 0 fully saturated rings. The lowest BCUT2D eigenvalue weighted by Crippen LogP contribution is -1.90. The van der Waals surface area contributed by atoms with Gasteiger partial charge < -0.3 is 5.73 Å². The molecule has 0 aliphatic carbocycles. The van der Waals surface area contributed by atoms with Gasteiger partial charge in [-0.1, -0.05) is 121 Å². The predicted octanol–water partition coefficient (Wildman–Crippen LogP) is 8.66. The van der Waals surface area contributed by atoms with Crippen molar-refractivity contribution in [2.45, 2.75) is 12.8 Å². The van der Waals surface area contributed by atoms with Gasteiger partial charge in [-0.05, 0) is 46.2 Å². The van der Waals surface area contributed by atoms with Crippen molar-refractivity contribution in [1.82, 2.24) is 20.2 Å². The van der Waals surface area contributed by atoms with Crippen molar-refractivity contribution in [1.29, 1.82) is 5.26 Å². The summed E-state index contributed by atoms with van der Waals surface area (Å²) in [4.78, 5) is 8.34. The molecule has 6 nitrogen and oxygen atoms in total. The molecule has 7 aromatic rings. The first-order valence-corrected chi connectivity index (χ1v) is 14.8. The van der Waals surface area contributed by atoms with Crippen LogP contribution in [0.15, 0.2) is 134 Å². The van der Waals surface area contributed by atoms with Crippen LogP contribution in [0.3, 0.4) is 0 Å². The van der Waals surface area contributed by atoms with Gasteiger partial charge in [-0.25, -0.2) is 0 Å². The molecule has 3 N–H and O–H groups in total. The Balaban J connectivity index is 0.000000159. The van der Waals surface area contributed by atoms with Crippen molar-refractivity contribution in [3.8, 4) is 28.3 Å². The Bertz CT molecular complexity index is 2060. The van der Waals surface area contributed by atoms with Crippen LogP contribution in [0.25, 0.3) is 33.2 Å². The Morgan fingerprint density at radius 3 is 1.67 bits per heavy atom. The Kier molecular flexibility index (Phi) is 8.91. The highest BCUT2D eigenvalue weighted by Gasteiger charge is 2.11. The third-order valence-corrected chi connectivity index (χ3v) is 7.83. The van der Waals surface area contributed by atoms with Crippen molar-refractivity contribution in [2.24, 2.45) is 0 Å². The van der Waals surface area contributed by atoms with Crippen LogP contribution in [0.2, 0.25) is 5.02 Å². The van der Waals surface area contributed by atoms with Crippen LogP contribution in [-0.4, -0.2) is 20.2 Å². The number of nitrogens with one attached hydrogen (secondary N) is 1. The molecular formula is C38H29ClN6. The van der Waals surface area contributed by atoms with Crippen molar-refractivity contribution in [3.05, 3.63) is 167 Å². The summed E-state index contributed by atoms with van der Waals surface area (Å²) < 4.78 is 0. The summed E-state index contributed by atoms with van der Waals surface area (Å²) in [5.74, 6) is 0.505. The number of H-pyrrole nitrogens is 1. The summed E-state index contributed by atoms with van der Waals surface area (Å²) in [6.45, 7) is 0. The third kappa shape index (κ3) is 6.91. The molecule has 0 unspecified atom stereocenters. The zero-order chi connectivity index (χ0) is 31.0. The van der Waals surface area contributed by atoms with Crippen LogP contribution >= 0.6 is 11.6 Å². The first kappa shape index (κ1) is 29.3. The third-order valence-electron chi connectivity index (χ3n) is 7.54. The number of anilines is 1. The number of pyridine rings is 2. The molecule has 0 amide bonds. The molecule has 218 valence electrons. The number of halogens is 1. The first-order valence-electron chi connectivity index (χ1n) is 14.5. The molecule has 0 atom stereocenters. The van der Waals surface area contributed by atoms with Gasteiger partial charge in [0, 0.05) is 29.7 Å². The van der Waals surface area contributed by atoms with E-state index in [9.17, 15) is 5.26 Å². The summed E-state index contributed by atoms with van der Waals surface area (Å²) in [6, 6.07) is 39.6. The van der Waals surface area contributed by atoms with E-state index in [1.165, 1.54) is 28.5 Å². The maximum atomic E-state index is 9.25. The molecule has 3 aromatic heterocycles. The predicted molar refractivity (Wildman–Crippen MR) is 182 cm³/mol. The van der Waals surface area contributed by atoms with E-state index in [-0.39, 0.29) is 0 Å². The number of nitrogen functional groups attached to an aromatic ring is 1. The van der Waals surface area contributed by atoms with Gasteiger partial charge in [-0.15, -0.1) is 0 Å². The molecule has 3 heterocycles. The van der Waals surface area contributed by atoms with E-state index in [0.29, 0.717) is 16.4 Å². The van der Waals surface area contributed by atoms with Crippen LogP contribution < -0.4 is 5.73 Å². The molecule has 7 rings (SSSR count). The number of fused-ring (bicyclic) bond motifs is 1. The molecule has 0 aliphatic rings. The van der Waals surface area contributed by atoms with E-state index in [4.69, 9.17) is 17.3 Å². The minimum atomic E-state index is 0.383. The van der Waals surface area contributed by atoms with Gasteiger partial charge in [0.05, 0.1) is 27.7 Å². The number of aromatic amines is 1. The minimum Gasteiger partial charge on any atom is -0.382 e. The van der Waals surface area contributed by atoms with Crippen molar-refractivity contribution < 1.29 is 0 Å². The number of rotatable bonds is 6. The Hall–Kier alpha value is -5.77. The fraction of sp³-hybridized carbons (Fsp3) is 0.0526. The second kappa shape index (κ2) is 13.7. The summed E-state index contributed by atoms with van der Waals surface area (Å²) in [6.07, 6.45) is 8.56. The lowest BCUT2D eigenvalue weighted by atomic mass is 9.99. The molecule has 0 aliphatic heterocycles. The number of hydrogen-bond donors (Lipinski definition) is 2. The normalized spacial score (nSPS) is 10.6. The average Bonchev–Trinajstić information content (AvgIpc) is 3.47. The smallest absolute Gasteiger partial charge is 0.153 e. The van der Waals surface area contributed by atoms with Crippen LogP contribution in [-0.2, 0) is 12.8 Å². The number of nitrogens with two attached hydrogens (primary N) is 1. The van der Waals surface area contributed by atoms with Gasteiger partial charge in [0.1, 0.15) is 6.07 Å². The van der Waals surface area contributed by atoms with E-state index < -0.39 is 0 Å². The summed E-state index contributed by atoms with van der Waals surface area (Å²) >= 11 is 6.03. The molecule has 0 saturated heterocycles. The van der Waals surface area contributed by atoms with E-state index in [0.717, 1.165) is 46.0 Å². The van der Waals surface area contributed by atoms with Gasteiger partial charge in [-0.3, -0.25) is 15.1 Å². The van der Waals surface area contributed by atoms with Gasteiger partial charge in [0.2, 0.25) is 0 Å². The molecule has 0 bridgehead atoms. The monoisotopic (exact) mass is 604 g/mol. The molecule has 4 aromatic carbocycles. The average molecular weight is 605 g/mol. The topological polar surface area (TPSA) is 104 Å². The first-order chi connectivity index (χ1) is 22.1. The van der Waals surface area contributed by atoms with E-state index in [1.54, 1.807) is 12.4 Å². The minimum absolute atomic E-state index is 0.383. The van der Waals surface area contributed by atoms with Crippen molar-refractivity contribution in [2.75, 3.05) is 5.73 Å². The lowest BCUT2D eigenvalue weighted by Gasteiger charge is -2.07. The summed E-state index contributed by atoms with van der Waals surface area (Å²) in [5, 5.41) is 17.5. The second-order valence-electron chi connectivity index (χ2n) is 10.6. The second-order valence-corrected chi connectivity index (χ2v) is 11.0.